The lowest BCUT2D eigenvalue weighted by Crippen LogP contribution is -2.42. The second-order valence-electron chi connectivity index (χ2n) is 4.88. The van der Waals surface area contributed by atoms with Gasteiger partial charge >= 0.3 is 6.18 Å². The van der Waals surface area contributed by atoms with Crippen LogP contribution in [0.1, 0.15) is 16.7 Å². The molecule has 0 saturated heterocycles. The molecule has 4 N–H and O–H groups in total. The van der Waals surface area contributed by atoms with Crippen molar-refractivity contribution in [3.8, 4) is 0 Å². The first-order valence-corrected chi connectivity index (χ1v) is 6.17. The molecule has 0 fully saturated rings. The van der Waals surface area contributed by atoms with E-state index < -0.39 is 17.3 Å². The van der Waals surface area contributed by atoms with Crippen LogP contribution in [0.15, 0.2) is 35.3 Å². The van der Waals surface area contributed by atoms with Gasteiger partial charge in [-0.2, -0.15) is 13.2 Å². The predicted molar refractivity (Wildman–Crippen MR) is 72.5 cm³/mol. The normalized spacial score (nSPS) is 22.8. The molecular formula is C14H16F3N3. The molecule has 1 aliphatic heterocycles. The zero-order chi connectivity index (χ0) is 15.0. The van der Waals surface area contributed by atoms with Crippen molar-refractivity contribution < 1.29 is 13.2 Å². The molecule has 0 radical (unpaired) electrons. The van der Waals surface area contributed by atoms with E-state index in [0.717, 1.165) is 6.07 Å². The molecule has 3 nitrogen and oxygen atoms in total. The summed E-state index contributed by atoms with van der Waals surface area (Å²) in [4.78, 5) is 4.15. The second-order valence-corrected chi connectivity index (χ2v) is 4.88. The van der Waals surface area contributed by atoms with E-state index in [2.05, 4.69) is 4.99 Å². The van der Waals surface area contributed by atoms with Gasteiger partial charge in [-0.3, -0.25) is 4.99 Å². The Morgan fingerprint density at radius 2 is 2.05 bits per heavy atom. The Balaban J connectivity index is 2.54. The maximum Gasteiger partial charge on any atom is 0.416 e. The van der Waals surface area contributed by atoms with Crippen molar-refractivity contribution in [1.82, 2.24) is 0 Å². The number of nitrogens with zero attached hydrogens (tertiary/aromatic N) is 1. The fraction of sp³-hybridized carbons (Fsp3) is 0.357. The van der Waals surface area contributed by atoms with Crippen molar-refractivity contribution >= 4 is 5.71 Å². The monoisotopic (exact) mass is 283 g/mol. The van der Waals surface area contributed by atoms with Gasteiger partial charge in [0.05, 0.1) is 17.6 Å². The quantitative estimate of drug-likeness (QED) is 0.873. The Labute approximate surface area is 115 Å². The molecule has 108 valence electrons. The van der Waals surface area contributed by atoms with Crippen molar-refractivity contribution in [1.29, 1.82) is 0 Å². The first-order valence-electron chi connectivity index (χ1n) is 6.17. The number of halogens is 3. The van der Waals surface area contributed by atoms with Gasteiger partial charge < -0.3 is 11.5 Å². The van der Waals surface area contributed by atoms with E-state index in [9.17, 15) is 13.2 Å². The Morgan fingerprint density at radius 3 is 2.55 bits per heavy atom. The number of aryl methyl sites for hydroxylation is 1. The van der Waals surface area contributed by atoms with Crippen LogP contribution in [0, 0.1) is 6.92 Å². The molecule has 0 bridgehead atoms. The predicted octanol–water partition coefficient (Wildman–Crippen LogP) is 2.14. The van der Waals surface area contributed by atoms with E-state index in [4.69, 9.17) is 11.5 Å². The first-order chi connectivity index (χ1) is 9.28. The highest BCUT2D eigenvalue weighted by atomic mass is 19.4. The number of alkyl halides is 3. The largest absolute Gasteiger partial charge is 0.416 e. The SMILES string of the molecule is Cc1cccc(C(F)(F)F)c1C1(N)C=CC(CN)=NC1. The third kappa shape index (κ3) is 2.62. The van der Waals surface area contributed by atoms with Gasteiger partial charge in [-0.15, -0.1) is 0 Å². The molecule has 20 heavy (non-hydrogen) atoms. The molecule has 1 heterocycles. The summed E-state index contributed by atoms with van der Waals surface area (Å²) in [7, 11) is 0. The van der Waals surface area contributed by atoms with E-state index in [1.807, 2.05) is 0 Å². The maximum absolute atomic E-state index is 13.2. The number of hydrogen-bond donors (Lipinski definition) is 2. The van der Waals surface area contributed by atoms with E-state index in [0.29, 0.717) is 11.3 Å². The van der Waals surface area contributed by atoms with E-state index >= 15 is 0 Å². The molecule has 0 saturated carbocycles. The highest BCUT2D eigenvalue weighted by Gasteiger charge is 2.40. The van der Waals surface area contributed by atoms with Crippen molar-refractivity contribution in [2.45, 2.75) is 18.6 Å². The number of aliphatic imine (C=N–C) groups is 1. The van der Waals surface area contributed by atoms with Crippen LogP contribution in [0.4, 0.5) is 13.2 Å². The molecule has 1 aromatic carbocycles. The van der Waals surface area contributed by atoms with Gasteiger partial charge in [-0.1, -0.05) is 18.2 Å². The Hall–Kier alpha value is -1.66. The zero-order valence-corrected chi connectivity index (χ0v) is 11.0. The highest BCUT2D eigenvalue weighted by Crippen LogP contribution is 2.38. The summed E-state index contributed by atoms with van der Waals surface area (Å²) in [5.74, 6) is 0. The summed E-state index contributed by atoms with van der Waals surface area (Å²) in [5, 5.41) is 0. The fourth-order valence-electron chi connectivity index (χ4n) is 2.40. The molecule has 1 aliphatic rings. The molecule has 0 aromatic heterocycles. The van der Waals surface area contributed by atoms with Crippen LogP contribution in [0.3, 0.4) is 0 Å². The van der Waals surface area contributed by atoms with Crippen LogP contribution >= 0.6 is 0 Å². The van der Waals surface area contributed by atoms with Gasteiger partial charge in [0.15, 0.2) is 0 Å². The Morgan fingerprint density at radius 1 is 1.35 bits per heavy atom. The molecule has 6 heteroatoms. The van der Waals surface area contributed by atoms with Crippen LogP contribution in [-0.4, -0.2) is 18.8 Å². The first kappa shape index (κ1) is 14.7. The van der Waals surface area contributed by atoms with Crippen molar-refractivity contribution in [3.63, 3.8) is 0 Å². The minimum absolute atomic E-state index is 0.0595. The van der Waals surface area contributed by atoms with Crippen LogP contribution < -0.4 is 11.5 Å². The van der Waals surface area contributed by atoms with Crippen LogP contribution in [0.2, 0.25) is 0 Å². The molecular weight excluding hydrogens is 267 g/mol. The van der Waals surface area contributed by atoms with Gasteiger partial charge in [-0.25, -0.2) is 0 Å². The average molecular weight is 283 g/mol. The summed E-state index contributed by atoms with van der Waals surface area (Å²) >= 11 is 0. The Kier molecular flexibility index (Phi) is 3.71. The summed E-state index contributed by atoms with van der Waals surface area (Å²) < 4.78 is 39.5. The number of benzene rings is 1. The van der Waals surface area contributed by atoms with E-state index in [1.54, 1.807) is 25.1 Å². The van der Waals surface area contributed by atoms with Crippen molar-refractivity contribution in [2.24, 2.45) is 16.5 Å². The van der Waals surface area contributed by atoms with Gasteiger partial charge in [-0.05, 0) is 30.2 Å². The second kappa shape index (κ2) is 5.03. The van der Waals surface area contributed by atoms with Gasteiger partial charge in [0.25, 0.3) is 0 Å². The fourth-order valence-corrected chi connectivity index (χ4v) is 2.40. The summed E-state index contributed by atoms with van der Waals surface area (Å²) in [6.07, 6.45) is -1.30. The molecule has 1 aromatic rings. The van der Waals surface area contributed by atoms with Crippen molar-refractivity contribution in [2.75, 3.05) is 13.1 Å². The van der Waals surface area contributed by atoms with Crippen LogP contribution in [0.5, 0.6) is 0 Å². The third-order valence-corrected chi connectivity index (χ3v) is 3.37. The summed E-state index contributed by atoms with van der Waals surface area (Å²) in [6.45, 7) is 1.92. The third-order valence-electron chi connectivity index (χ3n) is 3.37. The van der Waals surface area contributed by atoms with Crippen LogP contribution in [-0.2, 0) is 11.7 Å². The number of rotatable bonds is 2. The molecule has 1 atom stereocenters. The standard InChI is InChI=1S/C14H16F3N3/c1-9-3-2-4-11(14(15,16)17)12(9)13(19)6-5-10(7-18)20-8-13/h2-6H,7-8,18-19H2,1H3. The van der Waals surface area contributed by atoms with E-state index in [-0.39, 0.29) is 18.7 Å². The summed E-state index contributed by atoms with van der Waals surface area (Å²) in [5.41, 5.74) is 10.9. The lowest BCUT2D eigenvalue weighted by atomic mass is 9.82. The lowest BCUT2D eigenvalue weighted by Gasteiger charge is -2.32. The van der Waals surface area contributed by atoms with Gasteiger partial charge in [0.2, 0.25) is 0 Å². The number of dihydropyridines is 1. The van der Waals surface area contributed by atoms with Crippen molar-refractivity contribution in [3.05, 3.63) is 47.0 Å². The molecule has 0 aliphatic carbocycles. The van der Waals surface area contributed by atoms with E-state index in [1.165, 1.54) is 6.07 Å². The highest BCUT2D eigenvalue weighted by molar-refractivity contribution is 5.97. The smallest absolute Gasteiger partial charge is 0.325 e. The zero-order valence-electron chi connectivity index (χ0n) is 11.0. The maximum atomic E-state index is 13.2. The molecule has 2 rings (SSSR count). The topological polar surface area (TPSA) is 64.4 Å². The lowest BCUT2D eigenvalue weighted by molar-refractivity contribution is -0.138. The molecule has 1 unspecified atom stereocenters. The minimum Gasteiger partial charge on any atom is -0.325 e. The average Bonchev–Trinajstić information content (AvgIpc) is 2.38. The molecule has 0 spiro atoms. The Bertz CT molecular complexity index is 576. The van der Waals surface area contributed by atoms with Gasteiger partial charge in [0.1, 0.15) is 0 Å². The van der Waals surface area contributed by atoms with Gasteiger partial charge in [0, 0.05) is 12.3 Å². The minimum atomic E-state index is -4.45. The number of nitrogens with two attached hydrogens (primary N) is 2. The molecule has 0 amide bonds. The number of hydrogen-bond acceptors (Lipinski definition) is 3. The van der Waals surface area contributed by atoms with Crippen LogP contribution in [0.25, 0.3) is 0 Å². The summed E-state index contributed by atoms with van der Waals surface area (Å²) in [6, 6.07) is 4.05.